The summed E-state index contributed by atoms with van der Waals surface area (Å²) in [6, 6.07) is 11.5. The number of amides is 1. The van der Waals surface area contributed by atoms with Gasteiger partial charge in [0.1, 0.15) is 5.01 Å². The Hall–Kier alpha value is -2.35. The molecular weight excluding hydrogens is 412 g/mol. The molecule has 0 spiro atoms. The first-order valence-electron chi connectivity index (χ1n) is 9.41. The number of benzene rings is 2. The fourth-order valence-electron chi connectivity index (χ4n) is 2.92. The number of nitrogens with one attached hydrogen (secondary N) is 1. The van der Waals surface area contributed by atoms with Crippen LogP contribution < -0.4 is 15.0 Å². The highest BCUT2D eigenvalue weighted by Gasteiger charge is 2.11. The first-order valence-corrected chi connectivity index (χ1v) is 10.6. The van der Waals surface area contributed by atoms with Gasteiger partial charge in [-0.1, -0.05) is 24.4 Å². The van der Waals surface area contributed by atoms with Crippen molar-refractivity contribution in [2.24, 2.45) is 0 Å². The van der Waals surface area contributed by atoms with Gasteiger partial charge < -0.3 is 9.47 Å². The zero-order valence-corrected chi connectivity index (χ0v) is 17.7. The van der Waals surface area contributed by atoms with Crippen molar-refractivity contribution in [3.05, 3.63) is 41.4 Å². The molecule has 8 heteroatoms. The Kier molecular flexibility index (Phi) is 7.69. The van der Waals surface area contributed by atoms with Gasteiger partial charge in [-0.15, -0.1) is 11.3 Å². The molecular formula is C21H23ClN2O4S. The van der Waals surface area contributed by atoms with Crippen LogP contribution in [0.4, 0.5) is 0 Å². The number of thiazole rings is 1. The quantitative estimate of drug-likeness (QED) is 0.251. The van der Waals surface area contributed by atoms with E-state index < -0.39 is 0 Å². The van der Waals surface area contributed by atoms with Gasteiger partial charge in [0.25, 0.3) is 0 Å². The smallest absolute Gasteiger partial charge is 0.243 e. The molecule has 1 amide bonds. The highest BCUT2D eigenvalue weighted by Crippen LogP contribution is 2.36. The predicted molar refractivity (Wildman–Crippen MR) is 115 cm³/mol. The monoisotopic (exact) mass is 434 g/mol. The average molecular weight is 435 g/mol. The summed E-state index contributed by atoms with van der Waals surface area (Å²) in [4.78, 5) is 15.7. The summed E-state index contributed by atoms with van der Waals surface area (Å²) in [5.74, 6) is 1.01. The first-order chi connectivity index (χ1) is 14.1. The van der Waals surface area contributed by atoms with Crippen molar-refractivity contribution in [1.29, 1.82) is 0 Å². The Balaban J connectivity index is 1.60. The van der Waals surface area contributed by atoms with Crippen molar-refractivity contribution in [2.45, 2.75) is 32.1 Å². The number of methoxy groups -OCH3 is 1. The van der Waals surface area contributed by atoms with E-state index in [2.05, 4.69) is 4.98 Å². The van der Waals surface area contributed by atoms with Gasteiger partial charge in [-0.05, 0) is 49.2 Å². The number of carbonyl (C=O) groups excluding carboxylic acids is 1. The number of aromatic nitrogens is 1. The van der Waals surface area contributed by atoms with Crippen LogP contribution in [0, 0.1) is 0 Å². The van der Waals surface area contributed by atoms with Crippen molar-refractivity contribution >= 4 is 39.1 Å². The largest absolute Gasteiger partial charge is 0.493 e. The molecule has 1 aromatic heterocycles. The van der Waals surface area contributed by atoms with Gasteiger partial charge in [0.2, 0.25) is 5.91 Å². The van der Waals surface area contributed by atoms with E-state index in [1.165, 1.54) is 0 Å². The van der Waals surface area contributed by atoms with Crippen LogP contribution in [0.25, 0.3) is 20.8 Å². The summed E-state index contributed by atoms with van der Waals surface area (Å²) in [6.07, 6.45) is 3.79. The SMILES string of the molecule is COc1ccc(-c2nc3ccc(Cl)cc3s2)cc1OCCCCCCC(=O)NO. The molecule has 0 saturated heterocycles. The second kappa shape index (κ2) is 10.4. The Morgan fingerprint density at radius 1 is 1.14 bits per heavy atom. The molecule has 0 fully saturated rings. The van der Waals surface area contributed by atoms with Crippen LogP contribution in [0.2, 0.25) is 5.02 Å². The second-order valence-corrected chi connectivity index (χ2v) is 8.01. The molecule has 0 aliphatic rings. The van der Waals surface area contributed by atoms with E-state index >= 15 is 0 Å². The minimum Gasteiger partial charge on any atom is -0.493 e. The van der Waals surface area contributed by atoms with Crippen LogP contribution in [0.5, 0.6) is 11.5 Å². The van der Waals surface area contributed by atoms with Gasteiger partial charge in [0.15, 0.2) is 11.5 Å². The minimum atomic E-state index is -0.347. The van der Waals surface area contributed by atoms with Crippen LogP contribution in [-0.2, 0) is 4.79 Å². The number of unbranched alkanes of at least 4 members (excludes halogenated alkanes) is 3. The predicted octanol–water partition coefficient (Wildman–Crippen LogP) is 5.46. The summed E-state index contributed by atoms with van der Waals surface area (Å²) in [6.45, 7) is 0.557. The standard InChI is InChI=1S/C21H23ClN2O4S/c1-27-17-10-7-14(21-23-16-9-8-15(22)13-19(16)29-21)12-18(17)28-11-5-3-2-4-6-20(25)24-26/h7-10,12-13,26H,2-6,11H2,1H3,(H,24,25). The third-order valence-electron chi connectivity index (χ3n) is 4.44. The maximum atomic E-state index is 11.0. The lowest BCUT2D eigenvalue weighted by Crippen LogP contribution is -2.17. The maximum Gasteiger partial charge on any atom is 0.243 e. The second-order valence-electron chi connectivity index (χ2n) is 6.54. The van der Waals surface area contributed by atoms with E-state index in [1.54, 1.807) is 23.9 Å². The molecule has 2 aromatic carbocycles. The lowest BCUT2D eigenvalue weighted by Gasteiger charge is -2.11. The number of halogens is 1. The van der Waals surface area contributed by atoms with E-state index in [4.69, 9.17) is 26.3 Å². The minimum absolute atomic E-state index is 0.334. The molecule has 3 rings (SSSR count). The van der Waals surface area contributed by atoms with Gasteiger partial charge in [-0.2, -0.15) is 0 Å². The number of nitrogens with zero attached hydrogens (tertiary/aromatic N) is 1. The van der Waals surface area contributed by atoms with Gasteiger partial charge in [-0.25, -0.2) is 10.5 Å². The lowest BCUT2D eigenvalue weighted by atomic mass is 10.1. The molecule has 154 valence electrons. The summed E-state index contributed by atoms with van der Waals surface area (Å²) in [5, 5.41) is 10.1. The van der Waals surface area contributed by atoms with E-state index in [1.807, 2.05) is 36.4 Å². The molecule has 0 aliphatic heterocycles. The highest BCUT2D eigenvalue weighted by atomic mass is 35.5. The van der Waals surface area contributed by atoms with Crippen LogP contribution in [0.15, 0.2) is 36.4 Å². The van der Waals surface area contributed by atoms with Crippen molar-refractivity contribution in [1.82, 2.24) is 10.5 Å². The Morgan fingerprint density at radius 3 is 2.76 bits per heavy atom. The van der Waals surface area contributed by atoms with Crippen LogP contribution >= 0.6 is 22.9 Å². The first kappa shape index (κ1) is 21.4. The van der Waals surface area contributed by atoms with Crippen LogP contribution in [0.1, 0.15) is 32.1 Å². The fraction of sp³-hybridized carbons (Fsp3) is 0.333. The van der Waals surface area contributed by atoms with E-state index in [9.17, 15) is 4.79 Å². The number of ether oxygens (including phenoxy) is 2. The highest BCUT2D eigenvalue weighted by molar-refractivity contribution is 7.21. The van der Waals surface area contributed by atoms with E-state index in [0.717, 1.165) is 46.5 Å². The zero-order valence-electron chi connectivity index (χ0n) is 16.1. The van der Waals surface area contributed by atoms with Crippen LogP contribution in [-0.4, -0.2) is 29.8 Å². The third-order valence-corrected chi connectivity index (χ3v) is 5.74. The van der Waals surface area contributed by atoms with Crippen LogP contribution in [0.3, 0.4) is 0 Å². The average Bonchev–Trinajstić information content (AvgIpc) is 3.15. The number of hydrogen-bond donors (Lipinski definition) is 2. The molecule has 0 radical (unpaired) electrons. The molecule has 0 unspecified atom stereocenters. The van der Waals surface area contributed by atoms with Gasteiger partial charge in [0, 0.05) is 17.0 Å². The normalized spacial score (nSPS) is 10.9. The lowest BCUT2D eigenvalue weighted by molar-refractivity contribution is -0.129. The zero-order chi connectivity index (χ0) is 20.6. The molecule has 29 heavy (non-hydrogen) atoms. The molecule has 0 saturated carbocycles. The van der Waals surface area contributed by atoms with Gasteiger partial charge in [0.05, 0.1) is 23.9 Å². The van der Waals surface area contributed by atoms with Crippen molar-refractivity contribution in [2.75, 3.05) is 13.7 Å². The summed E-state index contributed by atoms with van der Waals surface area (Å²) in [7, 11) is 1.62. The van der Waals surface area contributed by atoms with Gasteiger partial charge in [-0.3, -0.25) is 10.0 Å². The van der Waals surface area contributed by atoms with Crippen molar-refractivity contribution in [3.8, 4) is 22.1 Å². The molecule has 6 nitrogen and oxygen atoms in total. The molecule has 3 aromatic rings. The number of rotatable bonds is 10. The summed E-state index contributed by atoms with van der Waals surface area (Å²) in [5.41, 5.74) is 3.53. The number of fused-ring (bicyclic) bond motifs is 1. The van der Waals surface area contributed by atoms with Gasteiger partial charge >= 0.3 is 0 Å². The fourth-order valence-corrected chi connectivity index (χ4v) is 4.16. The number of hydroxylamine groups is 1. The number of carbonyl (C=O) groups is 1. The Labute approximate surface area is 178 Å². The summed E-state index contributed by atoms with van der Waals surface area (Å²) >= 11 is 7.66. The Morgan fingerprint density at radius 2 is 1.97 bits per heavy atom. The molecule has 0 aliphatic carbocycles. The molecule has 2 N–H and O–H groups in total. The number of hydrogen-bond acceptors (Lipinski definition) is 6. The van der Waals surface area contributed by atoms with Crippen molar-refractivity contribution < 1.29 is 19.5 Å². The van der Waals surface area contributed by atoms with E-state index in [-0.39, 0.29) is 5.91 Å². The maximum absolute atomic E-state index is 11.0. The topological polar surface area (TPSA) is 80.7 Å². The molecule has 1 heterocycles. The van der Waals surface area contributed by atoms with Crippen molar-refractivity contribution in [3.63, 3.8) is 0 Å². The Bertz CT molecular complexity index is 976. The van der Waals surface area contributed by atoms with E-state index in [0.29, 0.717) is 29.5 Å². The third kappa shape index (κ3) is 5.82. The molecule has 0 bridgehead atoms. The molecule has 0 atom stereocenters. The summed E-state index contributed by atoms with van der Waals surface area (Å²) < 4.78 is 12.4.